The molecule has 0 unspecified atom stereocenters. The van der Waals surface area contributed by atoms with Crippen molar-refractivity contribution in [3.05, 3.63) is 59.7 Å². The lowest BCUT2D eigenvalue weighted by Gasteiger charge is -2.43. The summed E-state index contributed by atoms with van der Waals surface area (Å²) in [6.45, 7) is 11.0. The lowest BCUT2D eigenvalue weighted by atomic mass is 9.98. The molecule has 0 spiro atoms. The van der Waals surface area contributed by atoms with Gasteiger partial charge >= 0.3 is 12.1 Å². The zero-order valence-electron chi connectivity index (χ0n) is 21.7. The number of carbonyl (C=O) groups excluding carboxylic acids is 1. The fourth-order valence-electron chi connectivity index (χ4n) is 4.75. The minimum Gasteiger partial charge on any atom is -0.479 e. The number of aliphatic carboxylic acids is 1. The van der Waals surface area contributed by atoms with Crippen LogP contribution < -0.4 is 5.32 Å². The van der Waals surface area contributed by atoms with Gasteiger partial charge in [0.1, 0.15) is 6.61 Å². The molecule has 36 heavy (non-hydrogen) atoms. The van der Waals surface area contributed by atoms with E-state index >= 15 is 0 Å². The van der Waals surface area contributed by atoms with Crippen LogP contribution >= 0.6 is 0 Å². The first-order chi connectivity index (χ1) is 17.0. The number of rotatable bonds is 7. The van der Waals surface area contributed by atoms with Gasteiger partial charge in [0, 0.05) is 12.5 Å². The molecule has 0 bridgehead atoms. The van der Waals surface area contributed by atoms with Gasteiger partial charge in [-0.2, -0.15) is 0 Å². The Kier molecular flexibility index (Phi) is 7.59. The van der Waals surface area contributed by atoms with E-state index in [1.165, 1.54) is 11.1 Å². The van der Waals surface area contributed by atoms with Gasteiger partial charge in [-0.3, -0.25) is 0 Å². The average molecular weight is 512 g/mol. The molecule has 1 amide bonds. The van der Waals surface area contributed by atoms with Gasteiger partial charge in [-0.05, 0) is 53.2 Å². The van der Waals surface area contributed by atoms with Crippen LogP contribution in [0.25, 0.3) is 11.1 Å². The van der Waals surface area contributed by atoms with Crippen molar-refractivity contribution in [2.45, 2.75) is 76.0 Å². The predicted molar refractivity (Wildman–Crippen MR) is 141 cm³/mol. The maximum Gasteiger partial charge on any atom is 0.407 e. The molecule has 4 rings (SSSR count). The highest BCUT2D eigenvalue weighted by molar-refractivity contribution is 6.74. The van der Waals surface area contributed by atoms with Gasteiger partial charge in [0.15, 0.2) is 14.4 Å². The van der Waals surface area contributed by atoms with Crippen LogP contribution in [-0.4, -0.2) is 57.0 Å². The molecule has 0 aromatic heterocycles. The largest absolute Gasteiger partial charge is 0.479 e. The Hall–Kier alpha value is -2.68. The number of hydrogen-bond donors (Lipinski definition) is 2. The molecule has 2 aliphatic rings. The number of nitrogens with one attached hydrogen (secondary N) is 1. The number of carboxylic acid groups (broad SMARTS) is 1. The molecule has 1 aliphatic carbocycles. The van der Waals surface area contributed by atoms with E-state index < -0.39 is 38.7 Å². The molecular formula is C28H37NO6Si. The molecule has 194 valence electrons. The standard InChI is InChI=1S/C28H37NO6Si/c1-28(2,3)36(4,5)35-24-15-14-18(34-25(24)26(30)31)16-29-27(32)33-17-23-21-12-8-6-10-19(21)20-11-7-9-13-22(20)23/h6-13,18,23-25H,14-17H2,1-5H3,(H,29,32)(H,30,31)/t18-,24+,25+/m1/s1. The first-order valence-electron chi connectivity index (χ1n) is 12.6. The van der Waals surface area contributed by atoms with Crippen molar-refractivity contribution in [3.8, 4) is 11.1 Å². The lowest BCUT2D eigenvalue weighted by Crippen LogP contribution is -2.53. The SMILES string of the molecule is CC(C)(C)[Si](C)(C)O[C@H]1CC[C@H](CNC(=O)OCC2c3ccccc3-c3ccccc32)O[C@@H]1C(=O)O. The average Bonchev–Trinajstić information content (AvgIpc) is 3.14. The second kappa shape index (κ2) is 10.4. The van der Waals surface area contributed by atoms with Crippen molar-refractivity contribution in [2.75, 3.05) is 13.2 Å². The van der Waals surface area contributed by atoms with Gasteiger partial charge in [-0.1, -0.05) is 69.3 Å². The Morgan fingerprint density at radius 2 is 1.61 bits per heavy atom. The molecule has 2 aromatic rings. The van der Waals surface area contributed by atoms with Crippen molar-refractivity contribution < 1.29 is 28.6 Å². The smallest absolute Gasteiger partial charge is 0.407 e. The fourth-order valence-corrected chi connectivity index (χ4v) is 6.11. The van der Waals surface area contributed by atoms with E-state index in [9.17, 15) is 14.7 Å². The van der Waals surface area contributed by atoms with Crippen LogP contribution in [0.4, 0.5) is 4.79 Å². The first-order valence-corrected chi connectivity index (χ1v) is 15.5. The van der Waals surface area contributed by atoms with E-state index in [1.54, 1.807) is 0 Å². The molecule has 2 N–H and O–H groups in total. The molecule has 2 aromatic carbocycles. The summed E-state index contributed by atoms with van der Waals surface area (Å²) in [5, 5.41) is 12.5. The van der Waals surface area contributed by atoms with Crippen molar-refractivity contribution >= 4 is 20.4 Å². The summed E-state index contributed by atoms with van der Waals surface area (Å²) >= 11 is 0. The number of fused-ring (bicyclic) bond motifs is 3. The van der Waals surface area contributed by atoms with Crippen molar-refractivity contribution in [1.29, 1.82) is 0 Å². The Balaban J connectivity index is 1.30. The molecule has 1 saturated heterocycles. The maximum absolute atomic E-state index is 12.5. The molecule has 0 radical (unpaired) electrons. The number of benzene rings is 2. The Morgan fingerprint density at radius 3 is 2.17 bits per heavy atom. The van der Waals surface area contributed by atoms with E-state index in [1.807, 2.05) is 24.3 Å². The summed E-state index contributed by atoms with van der Waals surface area (Å²) in [4.78, 5) is 24.5. The topological polar surface area (TPSA) is 94.1 Å². The van der Waals surface area contributed by atoms with E-state index in [4.69, 9.17) is 13.9 Å². The van der Waals surface area contributed by atoms with Gasteiger partial charge in [0.05, 0.1) is 12.2 Å². The summed E-state index contributed by atoms with van der Waals surface area (Å²) in [6.07, 6.45) is -1.32. The Bertz CT molecular complexity index is 1070. The predicted octanol–water partition coefficient (Wildman–Crippen LogP) is 5.55. The molecular weight excluding hydrogens is 474 g/mol. The summed E-state index contributed by atoms with van der Waals surface area (Å²) in [5.41, 5.74) is 4.65. The van der Waals surface area contributed by atoms with Crippen molar-refractivity contribution in [3.63, 3.8) is 0 Å². The number of amides is 1. The second-order valence-corrected chi connectivity index (χ2v) is 16.0. The Morgan fingerprint density at radius 1 is 1.03 bits per heavy atom. The molecule has 0 saturated carbocycles. The van der Waals surface area contributed by atoms with E-state index in [2.05, 4.69) is 63.4 Å². The van der Waals surface area contributed by atoms with Crippen LogP contribution in [0.5, 0.6) is 0 Å². The van der Waals surface area contributed by atoms with Gasteiger partial charge < -0.3 is 24.3 Å². The van der Waals surface area contributed by atoms with Crippen LogP contribution in [0, 0.1) is 0 Å². The quantitative estimate of drug-likeness (QED) is 0.474. The van der Waals surface area contributed by atoms with Gasteiger partial charge in [0.25, 0.3) is 0 Å². The van der Waals surface area contributed by atoms with E-state index in [0.717, 1.165) is 11.1 Å². The molecule has 7 nitrogen and oxygen atoms in total. The summed E-state index contributed by atoms with van der Waals surface area (Å²) in [7, 11) is -2.15. The number of carboxylic acids is 1. The highest BCUT2D eigenvalue weighted by atomic mass is 28.4. The molecule has 1 aliphatic heterocycles. The minimum atomic E-state index is -2.15. The lowest BCUT2D eigenvalue weighted by molar-refractivity contribution is -0.171. The van der Waals surface area contributed by atoms with Crippen molar-refractivity contribution in [2.24, 2.45) is 0 Å². The summed E-state index contributed by atoms with van der Waals surface area (Å²) in [6, 6.07) is 16.4. The Labute approximate surface area is 214 Å². The van der Waals surface area contributed by atoms with Crippen LogP contribution in [0.2, 0.25) is 18.1 Å². The third-order valence-electron chi connectivity index (χ3n) is 7.76. The molecule has 3 atom stereocenters. The van der Waals surface area contributed by atoms with Gasteiger partial charge in [-0.25, -0.2) is 9.59 Å². The summed E-state index contributed by atoms with van der Waals surface area (Å²) in [5.74, 6) is -1.05. The second-order valence-electron chi connectivity index (χ2n) is 11.2. The van der Waals surface area contributed by atoms with Gasteiger partial charge in [0.2, 0.25) is 0 Å². The number of carbonyl (C=O) groups is 2. The summed E-state index contributed by atoms with van der Waals surface area (Å²) < 4.78 is 17.8. The van der Waals surface area contributed by atoms with Crippen molar-refractivity contribution in [1.82, 2.24) is 5.32 Å². The van der Waals surface area contributed by atoms with E-state index in [-0.39, 0.29) is 24.1 Å². The van der Waals surface area contributed by atoms with E-state index in [0.29, 0.717) is 12.8 Å². The normalized spacial score (nSPS) is 22.0. The number of ether oxygens (including phenoxy) is 2. The fraction of sp³-hybridized carbons (Fsp3) is 0.500. The highest BCUT2D eigenvalue weighted by Crippen LogP contribution is 2.44. The first kappa shape index (κ1) is 26.4. The van der Waals surface area contributed by atoms with Crippen LogP contribution in [0.1, 0.15) is 50.7 Å². The zero-order chi connectivity index (χ0) is 26.1. The van der Waals surface area contributed by atoms with Crippen LogP contribution in [0.3, 0.4) is 0 Å². The van der Waals surface area contributed by atoms with Crippen LogP contribution in [0.15, 0.2) is 48.5 Å². The monoisotopic (exact) mass is 511 g/mol. The number of hydrogen-bond acceptors (Lipinski definition) is 5. The third kappa shape index (κ3) is 5.50. The third-order valence-corrected chi connectivity index (χ3v) is 12.3. The van der Waals surface area contributed by atoms with Crippen LogP contribution in [-0.2, 0) is 18.7 Å². The zero-order valence-corrected chi connectivity index (χ0v) is 22.7. The molecule has 1 fully saturated rings. The molecule has 8 heteroatoms. The maximum atomic E-state index is 12.5. The minimum absolute atomic E-state index is 0.0151. The van der Waals surface area contributed by atoms with Gasteiger partial charge in [-0.15, -0.1) is 0 Å². The number of alkyl carbamates (subject to hydrolysis) is 1. The highest BCUT2D eigenvalue weighted by Gasteiger charge is 2.45. The molecule has 1 heterocycles.